The van der Waals surface area contributed by atoms with E-state index in [4.69, 9.17) is 21.1 Å². The van der Waals surface area contributed by atoms with Gasteiger partial charge in [-0.25, -0.2) is 9.79 Å². The monoisotopic (exact) mass is 532 g/mol. The maximum absolute atomic E-state index is 13.2. The Morgan fingerprint density at radius 2 is 1.81 bits per heavy atom. The number of carbonyl (C=O) groups excluding carboxylic acids is 3. The molecule has 1 aromatic carbocycles. The summed E-state index contributed by atoms with van der Waals surface area (Å²) in [5.41, 5.74) is 2.37. The fourth-order valence-corrected chi connectivity index (χ4v) is 5.66. The zero-order valence-corrected chi connectivity index (χ0v) is 22.1. The van der Waals surface area contributed by atoms with Gasteiger partial charge in [-0.15, -0.1) is 0 Å². The summed E-state index contributed by atoms with van der Waals surface area (Å²) < 4.78 is 10.5. The molecule has 3 aliphatic heterocycles. The predicted octanol–water partition coefficient (Wildman–Crippen LogP) is 3.19. The Bertz CT molecular complexity index is 1140. The van der Waals surface area contributed by atoms with Gasteiger partial charge in [0.15, 0.2) is 5.17 Å². The van der Waals surface area contributed by atoms with Gasteiger partial charge in [0.1, 0.15) is 6.61 Å². The van der Waals surface area contributed by atoms with Gasteiger partial charge in [0.25, 0.3) is 0 Å². The van der Waals surface area contributed by atoms with Crippen molar-refractivity contribution in [1.29, 1.82) is 0 Å². The number of piperazine rings is 1. The predicted molar refractivity (Wildman–Crippen MR) is 138 cm³/mol. The Labute approximate surface area is 219 Å². The maximum Gasteiger partial charge on any atom is 0.338 e. The van der Waals surface area contributed by atoms with E-state index in [0.717, 1.165) is 11.3 Å². The van der Waals surface area contributed by atoms with Crippen LogP contribution in [0.3, 0.4) is 0 Å². The molecule has 1 fully saturated rings. The standard InChI is InChI=1S/C25H29ClN4O5S/c1-16-22(24(33)35-13-12-34-3)23(19-6-4-5-7-20(19)26)30-18(15-36-25(30)27-16)14-21(32)29-10-8-28(9-11-29)17(2)31/h4-7,15,23H,8-14H2,1-3H3/t23-/m0/s1. The highest BCUT2D eigenvalue weighted by molar-refractivity contribution is 8.16. The van der Waals surface area contributed by atoms with Crippen LogP contribution in [0.1, 0.15) is 31.9 Å². The van der Waals surface area contributed by atoms with Crippen molar-refractivity contribution in [1.82, 2.24) is 14.7 Å². The molecule has 0 aliphatic carbocycles. The van der Waals surface area contributed by atoms with E-state index in [1.54, 1.807) is 22.8 Å². The Morgan fingerprint density at radius 1 is 1.11 bits per heavy atom. The number of thioether (sulfide) groups is 1. The number of hydrogen-bond acceptors (Lipinski definition) is 8. The second-order valence-corrected chi connectivity index (χ2v) is 9.85. The molecule has 0 aromatic heterocycles. The number of aliphatic imine (C=N–C) groups is 1. The molecule has 3 heterocycles. The summed E-state index contributed by atoms with van der Waals surface area (Å²) in [4.78, 5) is 48.2. The van der Waals surface area contributed by atoms with E-state index in [9.17, 15) is 14.4 Å². The van der Waals surface area contributed by atoms with Crippen molar-refractivity contribution in [3.8, 4) is 0 Å². The largest absolute Gasteiger partial charge is 0.460 e. The number of halogens is 1. The molecule has 0 radical (unpaired) electrons. The minimum absolute atomic E-state index is 0.0147. The average Bonchev–Trinajstić information content (AvgIpc) is 3.25. The number of hydrogen-bond donors (Lipinski definition) is 0. The summed E-state index contributed by atoms with van der Waals surface area (Å²) in [6.07, 6.45) is 0.137. The van der Waals surface area contributed by atoms with E-state index >= 15 is 0 Å². The second-order valence-electron chi connectivity index (χ2n) is 8.61. The molecule has 192 valence electrons. The van der Waals surface area contributed by atoms with E-state index in [0.29, 0.717) is 47.6 Å². The van der Waals surface area contributed by atoms with Crippen LogP contribution in [0.15, 0.2) is 51.6 Å². The van der Waals surface area contributed by atoms with Crippen LogP contribution in [0.5, 0.6) is 0 Å². The lowest BCUT2D eigenvalue weighted by Crippen LogP contribution is -2.50. The quantitative estimate of drug-likeness (QED) is 0.393. The zero-order chi connectivity index (χ0) is 25.8. The number of allylic oxidation sites excluding steroid dienone is 1. The SMILES string of the molecule is COCCOC(=O)C1=C(C)N=C2SC=C(CC(=O)N3CCN(C(C)=O)CC3)N2[C@H]1c1ccccc1Cl. The van der Waals surface area contributed by atoms with Crippen LogP contribution in [0, 0.1) is 0 Å². The normalized spacial score (nSPS) is 19.7. The number of amides is 2. The molecular weight excluding hydrogens is 504 g/mol. The molecule has 36 heavy (non-hydrogen) atoms. The zero-order valence-electron chi connectivity index (χ0n) is 20.5. The third-order valence-electron chi connectivity index (χ3n) is 6.35. The lowest BCUT2D eigenvalue weighted by atomic mass is 9.93. The van der Waals surface area contributed by atoms with Gasteiger partial charge in [0.05, 0.1) is 30.3 Å². The molecule has 1 saturated heterocycles. The van der Waals surface area contributed by atoms with E-state index in [1.807, 2.05) is 28.5 Å². The fourth-order valence-electron chi connectivity index (χ4n) is 4.45. The number of nitrogens with zero attached hydrogens (tertiary/aromatic N) is 4. The van der Waals surface area contributed by atoms with E-state index < -0.39 is 12.0 Å². The van der Waals surface area contributed by atoms with Gasteiger partial charge < -0.3 is 24.2 Å². The molecule has 9 nitrogen and oxygen atoms in total. The smallest absolute Gasteiger partial charge is 0.338 e. The summed E-state index contributed by atoms with van der Waals surface area (Å²) in [6, 6.07) is 6.75. The Balaban J connectivity index is 1.61. The van der Waals surface area contributed by atoms with Gasteiger partial charge in [-0.3, -0.25) is 9.59 Å². The van der Waals surface area contributed by atoms with Crippen LogP contribution in [0.4, 0.5) is 0 Å². The topological polar surface area (TPSA) is 91.7 Å². The number of rotatable bonds is 7. The summed E-state index contributed by atoms with van der Waals surface area (Å²) in [5, 5.41) is 3.08. The number of esters is 1. The summed E-state index contributed by atoms with van der Waals surface area (Å²) in [7, 11) is 1.54. The molecule has 1 aromatic rings. The average molecular weight is 533 g/mol. The van der Waals surface area contributed by atoms with Gasteiger partial charge in [-0.1, -0.05) is 41.6 Å². The van der Waals surface area contributed by atoms with Crippen molar-refractivity contribution in [3.63, 3.8) is 0 Å². The highest BCUT2D eigenvalue weighted by Gasteiger charge is 2.42. The molecule has 2 amide bonds. The molecule has 0 N–H and O–H groups in total. The Morgan fingerprint density at radius 3 is 2.47 bits per heavy atom. The molecule has 4 rings (SSSR count). The lowest BCUT2D eigenvalue weighted by molar-refractivity contribution is -0.141. The van der Waals surface area contributed by atoms with E-state index in [-0.39, 0.29) is 31.4 Å². The minimum atomic E-state index is -0.593. The molecule has 0 saturated carbocycles. The molecule has 0 unspecified atom stereocenters. The highest BCUT2D eigenvalue weighted by atomic mass is 35.5. The third kappa shape index (κ3) is 5.45. The van der Waals surface area contributed by atoms with Crippen molar-refractivity contribution in [2.45, 2.75) is 26.3 Å². The number of amidine groups is 1. The fraction of sp³-hybridized carbons (Fsp3) is 0.440. The van der Waals surface area contributed by atoms with Gasteiger partial charge in [0, 0.05) is 50.9 Å². The van der Waals surface area contributed by atoms with Gasteiger partial charge in [-0.2, -0.15) is 0 Å². The first-order chi connectivity index (χ1) is 17.3. The van der Waals surface area contributed by atoms with E-state index in [1.165, 1.54) is 25.8 Å². The number of fused-ring (bicyclic) bond motifs is 1. The van der Waals surface area contributed by atoms with Crippen LogP contribution >= 0.6 is 23.4 Å². The molecule has 11 heteroatoms. The second kappa shape index (κ2) is 11.5. The minimum Gasteiger partial charge on any atom is -0.460 e. The number of carbonyl (C=O) groups is 3. The number of ether oxygens (including phenoxy) is 2. The van der Waals surface area contributed by atoms with Crippen LogP contribution in [0.2, 0.25) is 5.02 Å². The van der Waals surface area contributed by atoms with Crippen molar-refractivity contribution in [2.75, 3.05) is 46.5 Å². The molecule has 1 atom stereocenters. The van der Waals surface area contributed by atoms with Crippen molar-refractivity contribution in [2.24, 2.45) is 4.99 Å². The maximum atomic E-state index is 13.2. The Kier molecular flexibility index (Phi) is 8.38. The molecular formula is C25H29ClN4O5S. The van der Waals surface area contributed by atoms with Gasteiger partial charge >= 0.3 is 5.97 Å². The van der Waals surface area contributed by atoms with Crippen LogP contribution in [-0.2, 0) is 23.9 Å². The lowest BCUT2D eigenvalue weighted by Gasteiger charge is -2.38. The van der Waals surface area contributed by atoms with Crippen LogP contribution in [-0.4, -0.2) is 84.2 Å². The molecule has 0 bridgehead atoms. The van der Waals surface area contributed by atoms with Crippen molar-refractivity contribution >= 4 is 46.3 Å². The highest BCUT2D eigenvalue weighted by Crippen LogP contribution is 2.46. The van der Waals surface area contributed by atoms with Crippen molar-refractivity contribution in [3.05, 3.63) is 57.2 Å². The van der Waals surface area contributed by atoms with Gasteiger partial charge in [0.2, 0.25) is 11.8 Å². The summed E-state index contributed by atoms with van der Waals surface area (Å²) in [6.45, 7) is 5.73. The van der Waals surface area contributed by atoms with Crippen LogP contribution in [0.25, 0.3) is 0 Å². The number of methoxy groups -OCH3 is 1. The molecule has 3 aliphatic rings. The van der Waals surface area contributed by atoms with Crippen LogP contribution < -0.4 is 0 Å². The third-order valence-corrected chi connectivity index (χ3v) is 7.58. The summed E-state index contributed by atoms with van der Waals surface area (Å²) in [5.74, 6) is -0.527. The molecule has 0 spiro atoms. The summed E-state index contributed by atoms with van der Waals surface area (Å²) >= 11 is 8.02. The van der Waals surface area contributed by atoms with Crippen molar-refractivity contribution < 1.29 is 23.9 Å². The van der Waals surface area contributed by atoms with E-state index in [2.05, 4.69) is 4.99 Å². The first-order valence-electron chi connectivity index (χ1n) is 11.7. The van der Waals surface area contributed by atoms with Gasteiger partial charge in [-0.05, 0) is 24.0 Å². The first-order valence-corrected chi connectivity index (χ1v) is 13.0. The Hall–Kier alpha value is -2.82. The number of benzene rings is 1. The first kappa shape index (κ1) is 26.2.